The molecule has 0 rings (SSSR count). The molecule has 0 aromatic heterocycles. The third-order valence-electron chi connectivity index (χ3n) is 1.55. The van der Waals surface area contributed by atoms with Crippen LogP contribution in [0, 0.1) is 5.92 Å². The Balaban J connectivity index is 4.53. The van der Waals surface area contributed by atoms with Crippen LogP contribution in [0.25, 0.3) is 0 Å². The summed E-state index contributed by atoms with van der Waals surface area (Å²) in [4.78, 5) is 10.7. The summed E-state index contributed by atoms with van der Waals surface area (Å²) in [7, 11) is -3.70. The van der Waals surface area contributed by atoms with Gasteiger partial charge in [0.15, 0.2) is 0 Å². The molecule has 3 N–H and O–H groups in total. The van der Waals surface area contributed by atoms with Crippen LogP contribution >= 0.6 is 0 Å². The average molecular weight is 224 g/mol. The molecule has 0 radical (unpaired) electrons. The highest BCUT2D eigenvalue weighted by atomic mass is 32.2. The normalized spacial score (nSPS) is 14.3. The van der Waals surface area contributed by atoms with E-state index >= 15 is 0 Å². The van der Waals surface area contributed by atoms with Gasteiger partial charge in [-0.2, -0.15) is 13.1 Å². The molecule has 0 fully saturated rings. The smallest absolute Gasteiger partial charge is 0.322 e. The Bertz CT molecular complexity index is 286. The van der Waals surface area contributed by atoms with Crippen LogP contribution in [0.15, 0.2) is 0 Å². The second-order valence-electron chi connectivity index (χ2n) is 3.18. The van der Waals surface area contributed by atoms with Gasteiger partial charge in [0.1, 0.15) is 6.04 Å². The molecule has 0 spiro atoms. The van der Waals surface area contributed by atoms with Gasteiger partial charge in [0.25, 0.3) is 10.2 Å². The van der Waals surface area contributed by atoms with Gasteiger partial charge in [-0.15, -0.1) is 0 Å². The quantitative estimate of drug-likeness (QED) is 0.569. The highest BCUT2D eigenvalue weighted by molar-refractivity contribution is 7.87. The highest BCUT2D eigenvalue weighted by Crippen LogP contribution is 2.02. The van der Waals surface area contributed by atoms with Crippen molar-refractivity contribution in [1.29, 1.82) is 0 Å². The highest BCUT2D eigenvalue weighted by Gasteiger charge is 2.26. The molecule has 0 saturated carbocycles. The number of carboxylic acid groups (broad SMARTS) is 1. The Morgan fingerprint density at radius 2 is 1.93 bits per heavy atom. The van der Waals surface area contributed by atoms with Crippen molar-refractivity contribution >= 4 is 16.2 Å². The fourth-order valence-electron chi connectivity index (χ4n) is 0.870. The summed E-state index contributed by atoms with van der Waals surface area (Å²) >= 11 is 0. The van der Waals surface area contributed by atoms with E-state index < -0.39 is 22.2 Å². The molecule has 0 aromatic carbocycles. The van der Waals surface area contributed by atoms with Crippen molar-refractivity contribution in [3.63, 3.8) is 0 Å². The summed E-state index contributed by atoms with van der Waals surface area (Å²) in [6.07, 6.45) is 0. The summed E-state index contributed by atoms with van der Waals surface area (Å²) in [5, 5.41) is 8.72. The predicted molar refractivity (Wildman–Crippen MR) is 52.0 cm³/mol. The van der Waals surface area contributed by atoms with Crippen LogP contribution in [0.4, 0.5) is 0 Å². The molecule has 0 bridgehead atoms. The van der Waals surface area contributed by atoms with Crippen molar-refractivity contribution in [2.75, 3.05) is 6.54 Å². The summed E-state index contributed by atoms with van der Waals surface area (Å²) in [5.74, 6) is -1.48. The van der Waals surface area contributed by atoms with Gasteiger partial charge < -0.3 is 5.11 Å². The molecule has 0 aromatic rings. The first-order valence-corrected chi connectivity index (χ1v) is 5.78. The van der Waals surface area contributed by atoms with E-state index in [1.807, 2.05) is 0 Å². The topological polar surface area (TPSA) is 95.5 Å². The fourth-order valence-corrected chi connectivity index (χ4v) is 2.04. The number of hydrogen-bond donors (Lipinski definition) is 3. The third-order valence-corrected chi connectivity index (χ3v) is 2.78. The minimum absolute atomic E-state index is 0.222. The zero-order valence-corrected chi connectivity index (χ0v) is 9.26. The van der Waals surface area contributed by atoms with Gasteiger partial charge in [0, 0.05) is 6.54 Å². The number of aliphatic carboxylic acids is 1. The molecular formula is C7H16N2O4S. The molecule has 14 heavy (non-hydrogen) atoms. The fraction of sp³-hybridized carbons (Fsp3) is 0.857. The summed E-state index contributed by atoms with van der Waals surface area (Å²) in [6, 6.07) is -1.10. The molecule has 0 heterocycles. The Kier molecular flexibility index (Phi) is 5.03. The van der Waals surface area contributed by atoms with Crippen LogP contribution in [0.1, 0.15) is 20.8 Å². The Morgan fingerprint density at radius 1 is 1.43 bits per heavy atom. The zero-order chi connectivity index (χ0) is 11.4. The van der Waals surface area contributed by atoms with Crippen molar-refractivity contribution in [3.8, 4) is 0 Å². The van der Waals surface area contributed by atoms with Crippen LogP contribution in [-0.2, 0) is 15.0 Å². The van der Waals surface area contributed by atoms with Crippen LogP contribution < -0.4 is 9.44 Å². The Labute approximate surface area is 83.9 Å². The Hall–Kier alpha value is -0.660. The molecule has 84 valence electrons. The Morgan fingerprint density at radius 3 is 2.21 bits per heavy atom. The first-order chi connectivity index (χ1) is 6.30. The maximum atomic E-state index is 11.2. The molecule has 1 atom stereocenters. The summed E-state index contributed by atoms with van der Waals surface area (Å²) in [5.41, 5.74) is 0. The van der Waals surface area contributed by atoms with Crippen molar-refractivity contribution < 1.29 is 18.3 Å². The second kappa shape index (κ2) is 5.28. The third kappa shape index (κ3) is 4.54. The monoisotopic (exact) mass is 224 g/mol. The van der Waals surface area contributed by atoms with Gasteiger partial charge in [-0.3, -0.25) is 4.79 Å². The lowest BCUT2D eigenvalue weighted by Gasteiger charge is -2.17. The lowest BCUT2D eigenvalue weighted by Crippen LogP contribution is -2.48. The molecule has 0 aliphatic rings. The minimum Gasteiger partial charge on any atom is -0.480 e. The van der Waals surface area contributed by atoms with E-state index in [1.165, 1.54) is 0 Å². The molecule has 6 nitrogen and oxygen atoms in total. The SMILES string of the molecule is CCNS(=O)(=O)N[C@H](C(=O)O)C(C)C. The maximum Gasteiger partial charge on any atom is 0.322 e. The largest absolute Gasteiger partial charge is 0.480 e. The van der Waals surface area contributed by atoms with Gasteiger partial charge in [-0.1, -0.05) is 20.8 Å². The minimum atomic E-state index is -3.70. The number of rotatable bonds is 6. The zero-order valence-electron chi connectivity index (χ0n) is 8.44. The molecule has 0 aliphatic carbocycles. The van der Waals surface area contributed by atoms with Crippen LogP contribution in [0.2, 0.25) is 0 Å². The van der Waals surface area contributed by atoms with Gasteiger partial charge in [0.05, 0.1) is 0 Å². The van der Waals surface area contributed by atoms with E-state index in [-0.39, 0.29) is 12.5 Å². The van der Waals surface area contributed by atoms with Gasteiger partial charge in [-0.05, 0) is 5.92 Å². The van der Waals surface area contributed by atoms with Crippen molar-refractivity contribution in [2.24, 2.45) is 5.92 Å². The summed E-state index contributed by atoms with van der Waals surface area (Å²) in [6.45, 7) is 5.10. The van der Waals surface area contributed by atoms with E-state index in [0.29, 0.717) is 0 Å². The first kappa shape index (κ1) is 13.3. The summed E-state index contributed by atoms with van der Waals surface area (Å²) < 4.78 is 26.5. The van der Waals surface area contributed by atoms with Gasteiger partial charge in [0.2, 0.25) is 0 Å². The standard InChI is InChI=1S/C7H16N2O4S/c1-4-8-14(12,13)9-6(5(2)3)7(10)11/h5-6,8-9H,4H2,1-3H3,(H,10,11)/t6-/m0/s1. The van der Waals surface area contributed by atoms with E-state index in [2.05, 4.69) is 9.44 Å². The van der Waals surface area contributed by atoms with E-state index in [1.54, 1.807) is 20.8 Å². The molecule has 0 amide bonds. The van der Waals surface area contributed by atoms with E-state index in [0.717, 1.165) is 0 Å². The molecule has 0 saturated heterocycles. The van der Waals surface area contributed by atoms with E-state index in [9.17, 15) is 13.2 Å². The number of nitrogens with one attached hydrogen (secondary N) is 2. The van der Waals surface area contributed by atoms with Crippen molar-refractivity contribution in [1.82, 2.24) is 9.44 Å². The first-order valence-electron chi connectivity index (χ1n) is 4.30. The predicted octanol–water partition coefficient (Wildman–Crippen LogP) is -0.460. The molecular weight excluding hydrogens is 208 g/mol. The maximum absolute atomic E-state index is 11.2. The molecule has 0 aliphatic heterocycles. The lowest BCUT2D eigenvalue weighted by molar-refractivity contribution is -0.140. The average Bonchev–Trinajstić information content (AvgIpc) is 1.99. The second-order valence-corrected chi connectivity index (χ2v) is 4.71. The van der Waals surface area contributed by atoms with Gasteiger partial charge in [-0.25, -0.2) is 4.72 Å². The van der Waals surface area contributed by atoms with Crippen molar-refractivity contribution in [2.45, 2.75) is 26.8 Å². The molecule has 7 heteroatoms. The molecule has 0 unspecified atom stereocenters. The van der Waals surface area contributed by atoms with Crippen LogP contribution in [0.5, 0.6) is 0 Å². The lowest BCUT2D eigenvalue weighted by atomic mass is 10.1. The van der Waals surface area contributed by atoms with Crippen molar-refractivity contribution in [3.05, 3.63) is 0 Å². The van der Waals surface area contributed by atoms with Crippen LogP contribution in [0.3, 0.4) is 0 Å². The number of carboxylic acids is 1. The number of hydrogen-bond acceptors (Lipinski definition) is 3. The van der Waals surface area contributed by atoms with E-state index in [4.69, 9.17) is 5.11 Å². The van der Waals surface area contributed by atoms with Gasteiger partial charge >= 0.3 is 5.97 Å². The number of carbonyl (C=O) groups is 1. The van der Waals surface area contributed by atoms with Crippen LogP contribution in [-0.4, -0.2) is 32.1 Å².